The lowest BCUT2D eigenvalue weighted by molar-refractivity contribution is -0.661. The monoisotopic (exact) mass is 1330 g/mol. The number of aromatic nitrogens is 15. The van der Waals surface area contributed by atoms with Crippen LogP contribution in [0.2, 0.25) is 0 Å². The van der Waals surface area contributed by atoms with Gasteiger partial charge in [0, 0.05) is 43.2 Å². The molecule has 0 N–H and O–H groups in total. The fourth-order valence-corrected chi connectivity index (χ4v) is 12.7. The Kier molecular flexibility index (Phi) is 22.5. The van der Waals surface area contributed by atoms with Crippen LogP contribution in [0, 0.1) is 46.5 Å². The molecule has 15 aromatic rings. The Hall–Kier alpha value is -11.5. The lowest BCUT2D eigenvalue weighted by Gasteiger charge is -2.08. The summed E-state index contributed by atoms with van der Waals surface area (Å²) in [5.41, 5.74) is 20.4. The van der Waals surface area contributed by atoms with E-state index in [0.717, 1.165) is 103 Å². The van der Waals surface area contributed by atoms with Crippen molar-refractivity contribution in [2.24, 2.45) is 47.1 Å². The molecular weight excluding hydrogens is 1240 g/mol. The minimum absolute atomic E-state index is 0.437. The minimum atomic E-state index is 0.437. The van der Waals surface area contributed by atoms with E-state index in [0.29, 0.717) is 17.8 Å². The standard InChI is InChI=1S/2C19H22N3.C18H20N3.2C15H14N3/c1-13(2)9-15-10-20-11-18-17(15)12-22(4)19(21-18)16-8-6-5-7-14(16)3;1-13(2)11-15-9-10-20-18-17(15)12-22(4)19(21-18)16-8-6-5-7-14(16)3;1-12(2)15-9-19-10-17-16(15)11-21(4)18(20-17)14-8-6-5-7-13(14)3;1-11-5-3-4-6-13(11)15-17-14-7-8-16-9-12(14)10-18(15)2;1-11-5-3-4-6-13(11)15-17-14-9-16-8-7-12(14)10-18(15)2/h5-8,10-13H,9H2,1-4H3;5-10,12-13H,11H2,1-4H3;5-12H,1-4H3;2*3-10H,1-2H3/q5*+1. The van der Waals surface area contributed by atoms with Gasteiger partial charge in [0.25, 0.3) is 5.65 Å². The van der Waals surface area contributed by atoms with E-state index < -0.39 is 0 Å². The van der Waals surface area contributed by atoms with Crippen LogP contribution in [-0.4, -0.2) is 49.8 Å². The molecule has 0 fully saturated rings. The van der Waals surface area contributed by atoms with E-state index in [-0.39, 0.29) is 0 Å². The van der Waals surface area contributed by atoms with Gasteiger partial charge in [0.15, 0.2) is 5.52 Å². The zero-order chi connectivity index (χ0) is 71.4. The normalized spacial score (nSPS) is 11.1. The second kappa shape index (κ2) is 32.0. The van der Waals surface area contributed by atoms with Gasteiger partial charge in [0.05, 0.1) is 109 Å². The first-order valence-corrected chi connectivity index (χ1v) is 34.6. The Bertz CT molecular complexity index is 5190. The molecule has 15 rings (SSSR count). The molecule has 0 saturated carbocycles. The molecule has 0 bridgehead atoms. The molecule has 0 amide bonds. The maximum atomic E-state index is 4.87. The maximum absolute atomic E-state index is 4.87. The molecule has 5 aromatic carbocycles. The largest absolute Gasteiger partial charge is 0.333 e. The maximum Gasteiger partial charge on any atom is 0.333 e. The number of aryl methyl sites for hydroxylation is 10. The summed E-state index contributed by atoms with van der Waals surface area (Å²) in [5.74, 6) is 6.52. The van der Waals surface area contributed by atoms with E-state index >= 15 is 0 Å². The van der Waals surface area contributed by atoms with Gasteiger partial charge in [-0.25, -0.2) is 27.8 Å². The molecule has 10 heterocycles. The highest BCUT2D eigenvalue weighted by molar-refractivity contribution is 5.83. The van der Waals surface area contributed by atoms with Crippen LogP contribution in [0.25, 0.3) is 112 Å². The van der Waals surface area contributed by atoms with Gasteiger partial charge in [-0.15, -0.1) is 0 Å². The number of pyridine rings is 5. The van der Waals surface area contributed by atoms with Crippen LogP contribution in [0.15, 0.2) is 226 Å². The summed E-state index contributed by atoms with van der Waals surface area (Å²) in [4.78, 5) is 45.4. The van der Waals surface area contributed by atoms with Crippen molar-refractivity contribution in [3.63, 3.8) is 0 Å². The van der Waals surface area contributed by atoms with Gasteiger partial charge in [-0.1, -0.05) is 133 Å². The van der Waals surface area contributed by atoms with E-state index in [1.807, 2.05) is 92.2 Å². The zero-order valence-corrected chi connectivity index (χ0v) is 61.2. The third-order valence-corrected chi connectivity index (χ3v) is 18.0. The zero-order valence-electron chi connectivity index (χ0n) is 61.2. The van der Waals surface area contributed by atoms with Gasteiger partial charge in [-0.3, -0.25) is 19.9 Å². The van der Waals surface area contributed by atoms with Crippen molar-refractivity contribution < 1.29 is 22.8 Å². The first-order valence-electron chi connectivity index (χ1n) is 34.6. The molecule has 10 aromatic heterocycles. The first kappa shape index (κ1) is 70.9. The Balaban J connectivity index is 0.000000127. The van der Waals surface area contributed by atoms with Gasteiger partial charge < -0.3 is 0 Å². The molecule has 0 saturated heterocycles. The number of benzene rings is 5. The molecule has 0 spiro atoms. The van der Waals surface area contributed by atoms with Crippen molar-refractivity contribution in [2.75, 3.05) is 0 Å². The molecule has 15 heteroatoms. The number of rotatable bonds is 10. The molecule has 0 unspecified atom stereocenters. The third-order valence-electron chi connectivity index (χ3n) is 18.0. The van der Waals surface area contributed by atoms with Crippen LogP contribution in [-0.2, 0) is 48.1 Å². The molecule has 506 valence electrons. The van der Waals surface area contributed by atoms with Crippen LogP contribution < -0.4 is 22.8 Å². The molecule has 0 aliphatic heterocycles. The fraction of sp³-hybridized carbons (Fsp3) is 0.244. The second-order valence-corrected chi connectivity index (χ2v) is 27.3. The number of nitrogens with zero attached hydrogens (tertiary/aromatic N) is 15. The van der Waals surface area contributed by atoms with Crippen molar-refractivity contribution in [2.45, 2.75) is 94.9 Å². The van der Waals surface area contributed by atoms with Gasteiger partial charge in [-0.2, -0.15) is 0 Å². The summed E-state index contributed by atoms with van der Waals surface area (Å²) >= 11 is 0. The Morgan fingerprint density at radius 3 is 1.17 bits per heavy atom. The summed E-state index contributed by atoms with van der Waals surface area (Å²) in [6.07, 6.45) is 29.4. The molecule has 0 aliphatic carbocycles. The number of hydrogen-bond donors (Lipinski definition) is 0. The van der Waals surface area contributed by atoms with Crippen molar-refractivity contribution in [1.29, 1.82) is 0 Å². The third kappa shape index (κ3) is 16.7. The van der Waals surface area contributed by atoms with Crippen molar-refractivity contribution in [3.05, 3.63) is 271 Å². The summed E-state index contributed by atoms with van der Waals surface area (Å²) < 4.78 is 10.4. The highest BCUT2D eigenvalue weighted by Crippen LogP contribution is 2.29. The smallest absolute Gasteiger partial charge is 0.264 e. The van der Waals surface area contributed by atoms with E-state index in [9.17, 15) is 0 Å². The summed E-state index contributed by atoms with van der Waals surface area (Å²) in [5, 5.41) is 5.68. The summed E-state index contributed by atoms with van der Waals surface area (Å²) in [6, 6.07) is 47.6. The van der Waals surface area contributed by atoms with Crippen LogP contribution in [0.4, 0.5) is 0 Å². The molecular formula is C86H92N15+5. The molecule has 0 atom stereocenters. The summed E-state index contributed by atoms with van der Waals surface area (Å²) in [7, 11) is 10.2. The van der Waals surface area contributed by atoms with E-state index in [1.165, 1.54) is 66.4 Å². The predicted octanol–water partition coefficient (Wildman–Crippen LogP) is 15.7. The van der Waals surface area contributed by atoms with Crippen LogP contribution >= 0.6 is 0 Å². The van der Waals surface area contributed by atoms with Crippen molar-refractivity contribution in [3.8, 4) is 56.9 Å². The van der Waals surface area contributed by atoms with Crippen molar-refractivity contribution in [1.82, 2.24) is 49.8 Å². The van der Waals surface area contributed by atoms with E-state index in [4.69, 9.17) is 24.9 Å². The molecule has 101 heavy (non-hydrogen) atoms. The number of hydrogen-bond acceptors (Lipinski definition) is 10. The van der Waals surface area contributed by atoms with E-state index in [1.54, 1.807) is 18.6 Å². The van der Waals surface area contributed by atoms with Gasteiger partial charge in [0.2, 0.25) is 16.6 Å². The molecule has 0 aliphatic rings. The quantitative estimate of drug-likeness (QED) is 0.121. The topological polar surface area (TPSA) is 148 Å². The van der Waals surface area contributed by atoms with Gasteiger partial charge in [0.1, 0.15) is 31.0 Å². The molecule has 15 nitrogen and oxygen atoms in total. The lowest BCUT2D eigenvalue weighted by atomic mass is 10.0. The molecule has 0 radical (unpaired) electrons. The average Bonchev–Trinajstić information content (AvgIpc) is 0.874. The van der Waals surface area contributed by atoms with Crippen LogP contribution in [0.1, 0.15) is 92.0 Å². The first-order chi connectivity index (χ1) is 48.7. The van der Waals surface area contributed by atoms with Crippen LogP contribution in [0.3, 0.4) is 0 Å². The predicted molar refractivity (Wildman–Crippen MR) is 406 cm³/mol. The highest BCUT2D eigenvalue weighted by atomic mass is 15.1. The summed E-state index contributed by atoms with van der Waals surface area (Å²) in [6.45, 7) is 23.9. The fourth-order valence-electron chi connectivity index (χ4n) is 12.7. The minimum Gasteiger partial charge on any atom is -0.264 e. The van der Waals surface area contributed by atoms with Crippen molar-refractivity contribution >= 4 is 54.6 Å². The highest BCUT2D eigenvalue weighted by Gasteiger charge is 2.24. The van der Waals surface area contributed by atoms with Crippen LogP contribution in [0.5, 0.6) is 0 Å². The SMILES string of the molecule is Cc1ccccc1-c1nc2ccncc2c[n+]1C.Cc1ccccc1-c1nc2cncc(C(C)C)c2c[n+]1C.Cc1ccccc1-c1nc2cncc(CC(C)C)c2c[n+]1C.Cc1ccccc1-c1nc2cnccc2c[n+]1C.Cc1ccccc1-c1nc2nccc(CC(C)C)c2c[n+]1C. The van der Waals surface area contributed by atoms with E-state index in [2.05, 4.69) is 275 Å². The van der Waals surface area contributed by atoms with Gasteiger partial charge in [-0.05, 0) is 177 Å². The van der Waals surface area contributed by atoms with Gasteiger partial charge >= 0.3 is 29.1 Å². The Morgan fingerprint density at radius 2 is 0.683 bits per heavy atom. The Morgan fingerprint density at radius 1 is 0.307 bits per heavy atom. The lowest BCUT2D eigenvalue weighted by Crippen LogP contribution is -2.32. The second-order valence-electron chi connectivity index (χ2n) is 27.3. The Labute approximate surface area is 593 Å². The number of fused-ring (bicyclic) bond motifs is 5. The average molecular weight is 1340 g/mol.